The van der Waals surface area contributed by atoms with Gasteiger partial charge in [0.1, 0.15) is 28.2 Å². The van der Waals surface area contributed by atoms with Crippen molar-refractivity contribution in [2.45, 2.75) is 51.1 Å². The molecule has 2 bridgehead atoms. The Bertz CT molecular complexity index is 1700. The van der Waals surface area contributed by atoms with Crippen molar-refractivity contribution >= 4 is 43.1 Å². The molecule has 2 unspecified atom stereocenters. The van der Waals surface area contributed by atoms with E-state index in [2.05, 4.69) is 15.3 Å². The minimum atomic E-state index is -5.01. The van der Waals surface area contributed by atoms with Gasteiger partial charge in [0, 0.05) is 41.5 Å². The van der Waals surface area contributed by atoms with E-state index in [1.807, 2.05) is 11.0 Å². The predicted molar refractivity (Wildman–Crippen MR) is 142 cm³/mol. The molecule has 2 aromatic heterocycles. The van der Waals surface area contributed by atoms with E-state index in [1.54, 1.807) is 13.8 Å². The molecule has 0 spiro atoms. The first-order valence-corrected chi connectivity index (χ1v) is 13.5. The van der Waals surface area contributed by atoms with Crippen LogP contribution in [0.2, 0.25) is 0 Å². The lowest BCUT2D eigenvalue weighted by molar-refractivity contribution is -0.137. The lowest BCUT2D eigenvalue weighted by Gasteiger charge is -2.34. The van der Waals surface area contributed by atoms with Crippen molar-refractivity contribution in [1.29, 1.82) is 5.26 Å². The average Bonchev–Trinajstić information content (AvgIpc) is 3.41. The molecule has 2 saturated heterocycles. The van der Waals surface area contributed by atoms with Crippen LogP contribution < -0.4 is 20.7 Å². The summed E-state index contributed by atoms with van der Waals surface area (Å²) < 4.78 is 80.8. The first kappa shape index (κ1) is 26.5. The Balaban J connectivity index is 1.69. The number of benzene rings is 2. The van der Waals surface area contributed by atoms with Gasteiger partial charge in [0.05, 0.1) is 21.9 Å². The molecule has 208 valence electrons. The zero-order valence-corrected chi connectivity index (χ0v) is 22.2. The molecule has 0 saturated carbocycles. The van der Waals surface area contributed by atoms with Crippen LogP contribution in [0.15, 0.2) is 18.2 Å². The van der Waals surface area contributed by atoms with E-state index in [9.17, 15) is 22.8 Å². The fourth-order valence-corrected chi connectivity index (χ4v) is 6.61. The summed E-state index contributed by atoms with van der Waals surface area (Å²) >= 11 is 0.717. The van der Waals surface area contributed by atoms with E-state index >= 15 is 4.39 Å². The van der Waals surface area contributed by atoms with Crippen LogP contribution in [-0.2, 0) is 6.18 Å². The molecule has 4 heterocycles. The summed E-state index contributed by atoms with van der Waals surface area (Å²) in [4.78, 5) is 10.5. The van der Waals surface area contributed by atoms with Crippen LogP contribution >= 0.6 is 11.3 Å². The van der Waals surface area contributed by atoms with Gasteiger partial charge in [0.15, 0.2) is 5.82 Å². The number of hydrogen-bond acceptors (Lipinski definition) is 8. The quantitative estimate of drug-likeness (QED) is 0.289. The Kier molecular flexibility index (Phi) is 6.23. The smallest absolute Gasteiger partial charge is 0.417 e. The Hall–Kier alpha value is -3.76. The lowest BCUT2D eigenvalue weighted by Crippen LogP contribution is -2.51. The Morgan fingerprint density at radius 3 is 2.50 bits per heavy atom. The van der Waals surface area contributed by atoms with Crippen LogP contribution in [0.3, 0.4) is 0 Å². The van der Waals surface area contributed by atoms with E-state index in [4.69, 9.17) is 10.5 Å². The second-order valence-corrected chi connectivity index (χ2v) is 11.4. The summed E-state index contributed by atoms with van der Waals surface area (Å²) in [5, 5.41) is 12.8. The third-order valence-electron chi connectivity index (χ3n) is 7.25. The van der Waals surface area contributed by atoms with Gasteiger partial charge in [-0.3, -0.25) is 0 Å². The molecule has 0 radical (unpaired) electrons. The number of halogens is 5. The number of anilines is 2. The number of nitrogens with two attached hydrogens (primary N) is 1. The van der Waals surface area contributed by atoms with Crippen LogP contribution in [0, 0.1) is 23.0 Å². The zero-order valence-electron chi connectivity index (χ0n) is 21.4. The van der Waals surface area contributed by atoms with Crippen LogP contribution in [0.1, 0.15) is 37.8 Å². The number of thiophene rings is 1. The van der Waals surface area contributed by atoms with Gasteiger partial charge in [0.2, 0.25) is 0 Å². The third-order valence-corrected chi connectivity index (χ3v) is 8.28. The van der Waals surface area contributed by atoms with E-state index in [0.717, 1.165) is 31.0 Å². The van der Waals surface area contributed by atoms with Crippen LogP contribution in [-0.4, -0.2) is 41.2 Å². The molecular formula is C27H23F5N6OS. The summed E-state index contributed by atoms with van der Waals surface area (Å²) in [6.45, 7) is 4.42. The largest absolute Gasteiger partial charge is 0.461 e. The molecule has 2 fully saturated rings. The Morgan fingerprint density at radius 1 is 1.18 bits per heavy atom. The Morgan fingerprint density at radius 2 is 1.88 bits per heavy atom. The standard InChI is InChI=1S/C27H23F5N6OS/c1-11(2)39-26-36-22-15(25(37-26)38-9-12-3-4-13(10-38)35-12)7-17(27(30,31)32)20(21(22)29)14-5-6-18(28)23-19(14)16(8-33)24(34)40-23/h5-7,11-13,35H,3-4,9-10,34H2,1-2H3. The molecule has 2 atom stereocenters. The van der Waals surface area contributed by atoms with Crippen molar-refractivity contribution in [1.82, 2.24) is 15.3 Å². The summed E-state index contributed by atoms with van der Waals surface area (Å²) in [7, 11) is 0. The first-order valence-electron chi connectivity index (χ1n) is 12.7. The molecule has 2 aliphatic heterocycles. The molecule has 13 heteroatoms. The van der Waals surface area contributed by atoms with Gasteiger partial charge in [0.25, 0.3) is 0 Å². The van der Waals surface area contributed by atoms with Crippen molar-refractivity contribution < 1.29 is 26.7 Å². The number of nitrogens with one attached hydrogen (secondary N) is 1. The second-order valence-electron chi connectivity index (χ2n) is 10.3. The van der Waals surface area contributed by atoms with Crippen LogP contribution in [0.5, 0.6) is 6.01 Å². The summed E-state index contributed by atoms with van der Waals surface area (Å²) in [6, 6.07) is 4.72. The van der Waals surface area contributed by atoms with E-state index in [0.29, 0.717) is 24.4 Å². The number of nitriles is 1. The minimum Gasteiger partial charge on any atom is -0.461 e. The molecular weight excluding hydrogens is 551 g/mol. The van der Waals surface area contributed by atoms with E-state index in [1.165, 1.54) is 0 Å². The third kappa shape index (κ3) is 4.26. The summed E-state index contributed by atoms with van der Waals surface area (Å²) in [5.41, 5.74) is 2.86. The molecule has 0 amide bonds. The van der Waals surface area contributed by atoms with Crippen molar-refractivity contribution in [2.24, 2.45) is 0 Å². The number of rotatable bonds is 4. The van der Waals surface area contributed by atoms with Gasteiger partial charge in [-0.25, -0.2) is 8.78 Å². The zero-order chi connectivity index (χ0) is 28.5. The lowest BCUT2D eigenvalue weighted by atomic mass is 9.92. The maximum absolute atomic E-state index is 16.6. The highest BCUT2D eigenvalue weighted by molar-refractivity contribution is 7.23. The summed E-state index contributed by atoms with van der Waals surface area (Å²) in [5.74, 6) is -1.91. The Labute approximate surface area is 229 Å². The van der Waals surface area contributed by atoms with E-state index < -0.39 is 28.9 Å². The number of nitrogen functional groups attached to an aromatic ring is 1. The van der Waals surface area contributed by atoms with Gasteiger partial charge in [-0.2, -0.15) is 28.4 Å². The highest BCUT2D eigenvalue weighted by atomic mass is 32.1. The van der Waals surface area contributed by atoms with Gasteiger partial charge in [-0.1, -0.05) is 6.07 Å². The number of fused-ring (bicyclic) bond motifs is 4. The first-order chi connectivity index (χ1) is 19.0. The van der Waals surface area contributed by atoms with Crippen LogP contribution in [0.4, 0.5) is 32.8 Å². The van der Waals surface area contributed by atoms with Crippen molar-refractivity contribution in [3.63, 3.8) is 0 Å². The summed E-state index contributed by atoms with van der Waals surface area (Å²) in [6.07, 6.45) is -3.56. The number of piperazine rings is 1. The van der Waals surface area contributed by atoms with Crippen molar-refractivity contribution in [3.8, 4) is 23.2 Å². The number of aromatic nitrogens is 2. The topological polar surface area (TPSA) is 100 Å². The van der Waals surface area contributed by atoms with Gasteiger partial charge in [-0.15, -0.1) is 11.3 Å². The fraction of sp³-hybridized carbons (Fsp3) is 0.370. The second kappa shape index (κ2) is 9.42. The van der Waals surface area contributed by atoms with E-state index in [-0.39, 0.29) is 67.1 Å². The van der Waals surface area contributed by atoms with Gasteiger partial charge in [-0.05, 0) is 44.4 Å². The SMILES string of the molecule is CC(C)Oc1nc(N2CC3CCC(C2)N3)c2cc(C(F)(F)F)c(-c3ccc(F)c4sc(N)c(C#N)c34)c(F)c2n1. The highest BCUT2D eigenvalue weighted by Crippen LogP contribution is 2.48. The molecule has 2 aromatic carbocycles. The predicted octanol–water partition coefficient (Wildman–Crippen LogP) is 5.99. The molecule has 6 rings (SSSR count). The number of hydrogen-bond donors (Lipinski definition) is 2. The molecule has 4 aromatic rings. The van der Waals surface area contributed by atoms with Gasteiger partial charge < -0.3 is 20.7 Å². The van der Waals surface area contributed by atoms with Crippen molar-refractivity contribution in [3.05, 3.63) is 41.0 Å². The van der Waals surface area contributed by atoms with Crippen molar-refractivity contribution in [2.75, 3.05) is 23.7 Å². The molecule has 3 N–H and O–H groups in total. The normalized spacial score (nSPS) is 19.1. The maximum Gasteiger partial charge on any atom is 0.417 e. The molecule has 7 nitrogen and oxygen atoms in total. The number of nitrogens with zero attached hydrogens (tertiary/aromatic N) is 4. The molecule has 2 aliphatic rings. The minimum absolute atomic E-state index is 0.0795. The van der Waals surface area contributed by atoms with Crippen LogP contribution in [0.25, 0.3) is 32.1 Å². The number of alkyl halides is 3. The monoisotopic (exact) mass is 574 g/mol. The highest BCUT2D eigenvalue weighted by Gasteiger charge is 2.39. The van der Waals surface area contributed by atoms with Gasteiger partial charge >= 0.3 is 12.2 Å². The molecule has 40 heavy (non-hydrogen) atoms. The average molecular weight is 575 g/mol. The maximum atomic E-state index is 16.6. The molecule has 0 aliphatic carbocycles. The fourth-order valence-electron chi connectivity index (χ4n) is 5.66. The number of ether oxygens (including phenoxy) is 1.